The van der Waals surface area contributed by atoms with Gasteiger partial charge in [0.05, 0.1) is 15.6 Å². The quantitative estimate of drug-likeness (QED) is 0.725. The van der Waals surface area contributed by atoms with E-state index in [2.05, 4.69) is 5.32 Å². The van der Waals surface area contributed by atoms with Gasteiger partial charge in [-0.25, -0.2) is 4.79 Å². The van der Waals surface area contributed by atoms with Crippen LogP contribution in [0.4, 0.5) is 5.69 Å². The molecule has 0 bridgehead atoms. The monoisotopic (exact) mass is 379 g/mol. The van der Waals surface area contributed by atoms with Crippen molar-refractivity contribution in [3.05, 3.63) is 63.1 Å². The number of para-hydroxylation sites is 1. The second-order valence-electron chi connectivity index (χ2n) is 5.41. The highest BCUT2D eigenvalue weighted by molar-refractivity contribution is 6.42. The molecule has 0 fully saturated rings. The first-order valence-corrected chi connectivity index (χ1v) is 8.74. The van der Waals surface area contributed by atoms with E-state index in [0.717, 1.165) is 29.7 Å². The molecular weight excluding hydrogens is 361 g/mol. The Kier molecular flexibility index (Phi) is 6.85. The average Bonchev–Trinajstić information content (AvgIpc) is 2.62. The Bertz CT molecular complexity index is 768. The fraction of sp³-hybridized carbons (Fsp3) is 0.263. The molecule has 0 spiro atoms. The van der Waals surface area contributed by atoms with Crippen LogP contribution in [0.2, 0.25) is 10.0 Å². The van der Waals surface area contributed by atoms with Gasteiger partial charge in [0, 0.05) is 5.69 Å². The van der Waals surface area contributed by atoms with Crippen molar-refractivity contribution in [2.45, 2.75) is 26.7 Å². The van der Waals surface area contributed by atoms with Gasteiger partial charge in [-0.3, -0.25) is 4.79 Å². The fourth-order valence-corrected chi connectivity index (χ4v) is 2.71. The Morgan fingerprint density at radius 3 is 2.20 bits per heavy atom. The van der Waals surface area contributed by atoms with Crippen molar-refractivity contribution in [2.75, 3.05) is 11.9 Å². The highest BCUT2D eigenvalue weighted by Gasteiger charge is 2.14. The Labute approximate surface area is 157 Å². The van der Waals surface area contributed by atoms with E-state index in [1.165, 1.54) is 18.2 Å². The molecule has 0 radical (unpaired) electrons. The Balaban J connectivity index is 2.01. The zero-order valence-corrected chi connectivity index (χ0v) is 15.6. The van der Waals surface area contributed by atoms with Crippen LogP contribution < -0.4 is 5.32 Å². The standard InChI is InChI=1S/C19H19Cl2NO3/c1-3-12-6-5-7-13(4-2)18(12)22-17(23)11-25-19(24)14-8-9-15(20)16(21)10-14/h5-10H,3-4,11H2,1-2H3,(H,22,23). The lowest BCUT2D eigenvalue weighted by Crippen LogP contribution is -2.22. The second kappa shape index (κ2) is 8.88. The summed E-state index contributed by atoms with van der Waals surface area (Å²) in [6.07, 6.45) is 1.60. The molecule has 0 atom stereocenters. The summed E-state index contributed by atoms with van der Waals surface area (Å²) in [7, 11) is 0. The molecule has 0 aliphatic carbocycles. The summed E-state index contributed by atoms with van der Waals surface area (Å²) in [4.78, 5) is 24.2. The van der Waals surface area contributed by atoms with Crippen molar-refractivity contribution in [2.24, 2.45) is 0 Å². The van der Waals surface area contributed by atoms with Crippen molar-refractivity contribution < 1.29 is 14.3 Å². The number of benzene rings is 2. The van der Waals surface area contributed by atoms with Crippen LogP contribution in [0.1, 0.15) is 35.3 Å². The molecular formula is C19H19Cl2NO3. The lowest BCUT2D eigenvalue weighted by Gasteiger charge is -2.14. The van der Waals surface area contributed by atoms with Crippen molar-refractivity contribution in [1.29, 1.82) is 0 Å². The van der Waals surface area contributed by atoms with Gasteiger partial charge < -0.3 is 10.1 Å². The van der Waals surface area contributed by atoms with E-state index in [9.17, 15) is 9.59 Å². The molecule has 1 N–H and O–H groups in total. The van der Waals surface area contributed by atoms with Crippen LogP contribution in [0, 0.1) is 0 Å². The highest BCUT2D eigenvalue weighted by atomic mass is 35.5. The Morgan fingerprint density at radius 1 is 1.00 bits per heavy atom. The van der Waals surface area contributed by atoms with Crippen LogP contribution in [-0.2, 0) is 22.4 Å². The molecule has 2 aromatic rings. The summed E-state index contributed by atoms with van der Waals surface area (Å²) in [5.74, 6) is -1.02. The predicted molar refractivity (Wildman–Crippen MR) is 101 cm³/mol. The number of carbonyl (C=O) groups is 2. The van der Waals surface area contributed by atoms with Gasteiger partial charge in [0.15, 0.2) is 6.61 Å². The molecule has 6 heteroatoms. The normalized spacial score (nSPS) is 10.4. The molecule has 4 nitrogen and oxygen atoms in total. The molecule has 132 valence electrons. The molecule has 0 heterocycles. The number of halogens is 2. The lowest BCUT2D eigenvalue weighted by molar-refractivity contribution is -0.119. The third-order valence-corrected chi connectivity index (χ3v) is 4.49. The summed E-state index contributed by atoms with van der Waals surface area (Å²) in [6.45, 7) is 3.67. The Hall–Kier alpha value is -2.04. The van der Waals surface area contributed by atoms with E-state index in [1.54, 1.807) is 0 Å². The van der Waals surface area contributed by atoms with Crippen LogP contribution in [-0.4, -0.2) is 18.5 Å². The van der Waals surface area contributed by atoms with Crippen LogP contribution in [0.15, 0.2) is 36.4 Å². The first-order chi connectivity index (χ1) is 12.0. The number of rotatable bonds is 6. The van der Waals surface area contributed by atoms with Crippen molar-refractivity contribution >= 4 is 40.8 Å². The summed E-state index contributed by atoms with van der Waals surface area (Å²) in [5, 5.41) is 3.45. The van der Waals surface area contributed by atoms with Gasteiger partial charge in [0.2, 0.25) is 0 Å². The van der Waals surface area contributed by atoms with Gasteiger partial charge in [-0.05, 0) is 42.2 Å². The first-order valence-electron chi connectivity index (χ1n) is 7.99. The van der Waals surface area contributed by atoms with Crippen LogP contribution >= 0.6 is 23.2 Å². The van der Waals surface area contributed by atoms with Gasteiger partial charge in [-0.2, -0.15) is 0 Å². The maximum atomic E-state index is 12.2. The number of hydrogen-bond acceptors (Lipinski definition) is 3. The topological polar surface area (TPSA) is 55.4 Å². The minimum atomic E-state index is -0.631. The first kappa shape index (κ1) is 19.3. The van der Waals surface area contributed by atoms with Gasteiger partial charge in [-0.1, -0.05) is 55.2 Å². The van der Waals surface area contributed by atoms with Gasteiger partial charge >= 0.3 is 5.97 Å². The largest absolute Gasteiger partial charge is 0.452 e. The minimum absolute atomic E-state index is 0.241. The number of aryl methyl sites for hydroxylation is 2. The SMILES string of the molecule is CCc1cccc(CC)c1NC(=O)COC(=O)c1ccc(Cl)c(Cl)c1. The molecule has 0 unspecified atom stereocenters. The second-order valence-corrected chi connectivity index (χ2v) is 6.23. The molecule has 0 saturated carbocycles. The van der Waals surface area contributed by atoms with E-state index in [4.69, 9.17) is 27.9 Å². The summed E-state index contributed by atoms with van der Waals surface area (Å²) < 4.78 is 5.05. The molecule has 1 amide bonds. The zero-order valence-electron chi connectivity index (χ0n) is 14.1. The number of amides is 1. The van der Waals surface area contributed by atoms with E-state index in [-0.39, 0.29) is 23.1 Å². The number of anilines is 1. The van der Waals surface area contributed by atoms with Gasteiger partial charge in [-0.15, -0.1) is 0 Å². The molecule has 2 aromatic carbocycles. The van der Waals surface area contributed by atoms with Crippen LogP contribution in [0.3, 0.4) is 0 Å². The zero-order chi connectivity index (χ0) is 18.4. The van der Waals surface area contributed by atoms with E-state index in [1.807, 2.05) is 32.0 Å². The molecule has 0 aliphatic heterocycles. The molecule has 0 aliphatic rings. The van der Waals surface area contributed by atoms with Crippen molar-refractivity contribution in [1.82, 2.24) is 0 Å². The van der Waals surface area contributed by atoms with Crippen LogP contribution in [0.25, 0.3) is 0 Å². The maximum absolute atomic E-state index is 12.2. The molecule has 0 aromatic heterocycles. The summed E-state index contributed by atoms with van der Waals surface area (Å²) in [6, 6.07) is 10.3. The van der Waals surface area contributed by atoms with E-state index >= 15 is 0 Å². The summed E-state index contributed by atoms with van der Waals surface area (Å²) in [5.41, 5.74) is 3.13. The number of ether oxygens (including phenoxy) is 1. The predicted octanol–water partition coefficient (Wildman–Crippen LogP) is 4.91. The number of hydrogen-bond donors (Lipinski definition) is 1. The molecule has 0 saturated heterocycles. The number of carbonyl (C=O) groups excluding carboxylic acids is 2. The van der Waals surface area contributed by atoms with Gasteiger partial charge in [0.1, 0.15) is 0 Å². The van der Waals surface area contributed by atoms with Crippen molar-refractivity contribution in [3.8, 4) is 0 Å². The van der Waals surface area contributed by atoms with Gasteiger partial charge in [0.25, 0.3) is 5.91 Å². The third-order valence-electron chi connectivity index (χ3n) is 3.75. The molecule has 2 rings (SSSR count). The highest BCUT2D eigenvalue weighted by Crippen LogP contribution is 2.24. The van der Waals surface area contributed by atoms with E-state index < -0.39 is 5.97 Å². The smallest absolute Gasteiger partial charge is 0.338 e. The molecule has 25 heavy (non-hydrogen) atoms. The van der Waals surface area contributed by atoms with Crippen LogP contribution in [0.5, 0.6) is 0 Å². The number of nitrogens with one attached hydrogen (secondary N) is 1. The van der Waals surface area contributed by atoms with E-state index in [0.29, 0.717) is 5.02 Å². The fourth-order valence-electron chi connectivity index (χ4n) is 2.42. The summed E-state index contributed by atoms with van der Waals surface area (Å²) >= 11 is 11.7. The third kappa shape index (κ3) is 4.97. The minimum Gasteiger partial charge on any atom is -0.452 e. The average molecular weight is 380 g/mol. The number of esters is 1. The van der Waals surface area contributed by atoms with Crippen molar-refractivity contribution in [3.63, 3.8) is 0 Å². The maximum Gasteiger partial charge on any atom is 0.338 e. The lowest BCUT2D eigenvalue weighted by atomic mass is 10.0. The Morgan fingerprint density at radius 2 is 1.64 bits per heavy atom.